The smallest absolute Gasteiger partial charge is 0.233 e. The van der Waals surface area contributed by atoms with E-state index in [1.165, 1.54) is 4.90 Å². The fourth-order valence-corrected chi connectivity index (χ4v) is 4.05. The average molecular weight is 362 g/mol. The third-order valence-corrected chi connectivity index (χ3v) is 5.58. The highest BCUT2D eigenvalue weighted by Gasteiger charge is 2.47. The molecule has 1 aliphatic heterocycles. The number of furan rings is 1. The first-order chi connectivity index (χ1) is 12.5. The van der Waals surface area contributed by atoms with Crippen LogP contribution in [0.1, 0.15) is 43.9 Å². The topological polar surface area (TPSA) is 84.1 Å². The lowest BCUT2D eigenvalue weighted by Gasteiger charge is -2.20. The summed E-state index contributed by atoms with van der Waals surface area (Å²) in [5, 5.41) is 2.90. The Kier molecular flexibility index (Phi) is 5.76. The summed E-state index contributed by atoms with van der Waals surface area (Å²) < 4.78 is 5.44. The Hall–Kier alpha value is -2.15. The van der Waals surface area contributed by atoms with E-state index >= 15 is 0 Å². The molecule has 0 bridgehead atoms. The van der Waals surface area contributed by atoms with Crippen molar-refractivity contribution in [3.05, 3.63) is 24.2 Å². The summed E-state index contributed by atoms with van der Waals surface area (Å²) in [7, 11) is 4.01. The number of likely N-dealkylation sites (tertiary alicyclic amines) is 1. The van der Waals surface area contributed by atoms with Gasteiger partial charge in [-0.1, -0.05) is 12.8 Å². The minimum Gasteiger partial charge on any atom is -0.463 e. The van der Waals surface area contributed by atoms with Gasteiger partial charge in [0.1, 0.15) is 0 Å². The number of quaternary nitrogens is 1. The average Bonchev–Trinajstić information content (AvgIpc) is 3.22. The van der Waals surface area contributed by atoms with E-state index in [0.717, 1.165) is 36.3 Å². The largest absolute Gasteiger partial charge is 0.463 e. The minimum absolute atomic E-state index is 0.0202. The number of hydrogen-bond donors (Lipinski definition) is 2. The molecule has 0 radical (unpaired) electrons. The molecule has 0 aromatic carbocycles. The van der Waals surface area contributed by atoms with Gasteiger partial charge in [-0.3, -0.25) is 19.3 Å². The van der Waals surface area contributed by atoms with E-state index < -0.39 is 0 Å². The molecule has 1 aromatic rings. The van der Waals surface area contributed by atoms with Gasteiger partial charge in [-0.05, 0) is 25.0 Å². The second-order valence-corrected chi connectivity index (χ2v) is 7.52. The van der Waals surface area contributed by atoms with Crippen LogP contribution in [0.3, 0.4) is 0 Å². The molecule has 2 heterocycles. The van der Waals surface area contributed by atoms with Crippen LogP contribution in [0.4, 0.5) is 0 Å². The lowest BCUT2D eigenvalue weighted by molar-refractivity contribution is -0.891. The number of nitrogens with one attached hydrogen (secondary N) is 2. The molecule has 0 spiro atoms. The van der Waals surface area contributed by atoms with E-state index in [-0.39, 0.29) is 48.6 Å². The Morgan fingerprint density at radius 3 is 2.46 bits per heavy atom. The molecule has 7 heteroatoms. The third-order valence-electron chi connectivity index (χ3n) is 5.58. The van der Waals surface area contributed by atoms with Gasteiger partial charge in [-0.2, -0.15) is 0 Å². The molecule has 2 aliphatic rings. The zero-order chi connectivity index (χ0) is 18.7. The van der Waals surface area contributed by atoms with Crippen LogP contribution in [0, 0.1) is 11.8 Å². The number of imide groups is 1. The Balaban J connectivity index is 1.49. The molecular weight excluding hydrogens is 334 g/mol. The van der Waals surface area contributed by atoms with Crippen molar-refractivity contribution in [2.75, 3.05) is 27.2 Å². The number of likely N-dealkylation sites (N-methyl/N-ethyl adjacent to an activating group) is 1. The molecule has 7 nitrogen and oxygen atoms in total. The highest BCUT2D eigenvalue weighted by Crippen LogP contribution is 2.37. The number of hydrogen-bond acceptors (Lipinski definition) is 4. The van der Waals surface area contributed by atoms with E-state index in [9.17, 15) is 14.4 Å². The number of amides is 3. The summed E-state index contributed by atoms with van der Waals surface area (Å²) in [6.45, 7) is 0.624. The highest BCUT2D eigenvalue weighted by molar-refractivity contribution is 6.05. The third kappa shape index (κ3) is 3.82. The van der Waals surface area contributed by atoms with Gasteiger partial charge in [-0.25, -0.2) is 0 Å². The molecule has 1 aliphatic carbocycles. The van der Waals surface area contributed by atoms with Gasteiger partial charge in [-0.15, -0.1) is 0 Å². The van der Waals surface area contributed by atoms with E-state index in [4.69, 9.17) is 4.42 Å². The molecule has 3 atom stereocenters. The summed E-state index contributed by atoms with van der Waals surface area (Å²) in [5.41, 5.74) is 0. The van der Waals surface area contributed by atoms with Crippen molar-refractivity contribution < 1.29 is 23.7 Å². The molecule has 1 saturated carbocycles. The highest BCUT2D eigenvalue weighted by atomic mass is 16.3. The van der Waals surface area contributed by atoms with Gasteiger partial charge in [0.2, 0.25) is 17.7 Å². The molecule has 26 heavy (non-hydrogen) atoms. The van der Waals surface area contributed by atoms with Crippen LogP contribution in [0.5, 0.6) is 0 Å². The standard InChI is InChI=1S/C19H27N3O4/c1-21(2)15(16-8-5-11-26-16)12-20-17(23)9-10-22-18(24)13-6-3-4-7-14(13)19(22)25/h5,8,11,13-15H,3-4,6-7,9-10,12H2,1-2H3,(H,20,23)/p+1/t13-,14-,15+/m0/s1. The second kappa shape index (κ2) is 8.03. The number of rotatable bonds is 7. The Labute approximate surface area is 153 Å². The Bertz CT molecular complexity index is 632. The lowest BCUT2D eigenvalue weighted by atomic mass is 9.81. The van der Waals surface area contributed by atoms with E-state index in [1.807, 2.05) is 26.2 Å². The van der Waals surface area contributed by atoms with E-state index in [1.54, 1.807) is 6.26 Å². The van der Waals surface area contributed by atoms with Crippen LogP contribution in [0.2, 0.25) is 0 Å². The van der Waals surface area contributed by atoms with Crippen molar-refractivity contribution in [2.24, 2.45) is 11.8 Å². The maximum atomic E-state index is 12.4. The van der Waals surface area contributed by atoms with Gasteiger partial charge < -0.3 is 14.6 Å². The molecule has 0 unspecified atom stereocenters. The first kappa shape index (κ1) is 18.6. The van der Waals surface area contributed by atoms with Crippen molar-refractivity contribution in [3.8, 4) is 0 Å². The van der Waals surface area contributed by atoms with Crippen LogP contribution in [0.25, 0.3) is 0 Å². The SMILES string of the molecule is C[NH+](C)[C@H](CNC(=O)CCN1C(=O)[C@H]2CCCC[C@@H]2C1=O)c1ccco1. The molecule has 2 N–H and O–H groups in total. The van der Waals surface area contributed by atoms with Crippen molar-refractivity contribution in [1.29, 1.82) is 0 Å². The maximum absolute atomic E-state index is 12.4. The zero-order valence-electron chi connectivity index (χ0n) is 15.5. The van der Waals surface area contributed by atoms with Gasteiger partial charge in [0.05, 0.1) is 38.7 Å². The summed E-state index contributed by atoms with van der Waals surface area (Å²) in [5.74, 6) is 0.190. The fourth-order valence-electron chi connectivity index (χ4n) is 4.05. The van der Waals surface area contributed by atoms with E-state index in [0.29, 0.717) is 6.54 Å². The Morgan fingerprint density at radius 1 is 1.27 bits per heavy atom. The molecule has 1 saturated heterocycles. The monoisotopic (exact) mass is 362 g/mol. The normalized spacial score (nSPS) is 24.0. The van der Waals surface area contributed by atoms with Gasteiger partial charge in [0, 0.05) is 13.0 Å². The zero-order valence-corrected chi connectivity index (χ0v) is 15.5. The molecule has 3 rings (SSSR count). The first-order valence-corrected chi connectivity index (χ1v) is 9.44. The van der Waals surface area contributed by atoms with Gasteiger partial charge >= 0.3 is 0 Å². The molecular formula is C19H28N3O4+. The molecule has 1 aromatic heterocycles. The summed E-state index contributed by atoms with van der Waals surface area (Å²) in [4.78, 5) is 39.5. The first-order valence-electron chi connectivity index (χ1n) is 9.44. The molecule has 142 valence electrons. The quantitative estimate of drug-likeness (QED) is 0.676. The number of carbonyl (C=O) groups is 3. The molecule has 2 fully saturated rings. The maximum Gasteiger partial charge on any atom is 0.233 e. The van der Waals surface area contributed by atoms with Crippen molar-refractivity contribution >= 4 is 17.7 Å². The predicted molar refractivity (Wildman–Crippen MR) is 94.1 cm³/mol. The van der Waals surface area contributed by atoms with Crippen molar-refractivity contribution in [2.45, 2.75) is 38.1 Å². The van der Waals surface area contributed by atoms with Crippen molar-refractivity contribution in [3.63, 3.8) is 0 Å². The van der Waals surface area contributed by atoms with Crippen LogP contribution < -0.4 is 10.2 Å². The lowest BCUT2D eigenvalue weighted by Crippen LogP contribution is -3.07. The number of fused-ring (bicyclic) bond motifs is 1. The summed E-state index contributed by atoms with van der Waals surface area (Å²) in [6.07, 6.45) is 5.38. The number of nitrogens with zero attached hydrogens (tertiary/aromatic N) is 1. The minimum atomic E-state index is -0.154. The summed E-state index contributed by atoms with van der Waals surface area (Å²) in [6, 6.07) is 3.75. The van der Waals surface area contributed by atoms with Crippen LogP contribution in [0.15, 0.2) is 22.8 Å². The summed E-state index contributed by atoms with van der Waals surface area (Å²) >= 11 is 0. The van der Waals surface area contributed by atoms with E-state index in [2.05, 4.69) is 5.32 Å². The second-order valence-electron chi connectivity index (χ2n) is 7.52. The van der Waals surface area contributed by atoms with Crippen molar-refractivity contribution in [1.82, 2.24) is 10.2 Å². The number of carbonyl (C=O) groups excluding carboxylic acids is 3. The van der Waals surface area contributed by atoms with Crippen LogP contribution in [-0.2, 0) is 14.4 Å². The predicted octanol–water partition coefficient (Wildman–Crippen LogP) is 0.147. The van der Waals surface area contributed by atoms with Crippen LogP contribution in [-0.4, -0.2) is 49.8 Å². The Morgan fingerprint density at radius 2 is 1.92 bits per heavy atom. The van der Waals surface area contributed by atoms with Gasteiger partial charge in [0.15, 0.2) is 11.8 Å². The fraction of sp³-hybridized carbons (Fsp3) is 0.632. The molecule has 3 amide bonds. The van der Waals surface area contributed by atoms with Crippen LogP contribution >= 0.6 is 0 Å². The van der Waals surface area contributed by atoms with Gasteiger partial charge in [0.25, 0.3) is 0 Å².